The van der Waals surface area contributed by atoms with Gasteiger partial charge in [0.1, 0.15) is 11.9 Å². The number of benzene rings is 2. The zero-order valence-electron chi connectivity index (χ0n) is 16.1. The second-order valence-corrected chi connectivity index (χ2v) is 7.55. The number of likely N-dealkylation sites (tertiary alicyclic amines) is 1. The molecule has 6 heteroatoms. The van der Waals surface area contributed by atoms with Crippen molar-refractivity contribution in [3.63, 3.8) is 0 Å². The second-order valence-electron chi connectivity index (χ2n) is 7.55. The number of aryl methyl sites for hydroxylation is 1. The van der Waals surface area contributed by atoms with E-state index in [1.54, 1.807) is 19.1 Å². The monoisotopic (exact) mass is 385 g/mol. The average Bonchev–Trinajstić information content (AvgIpc) is 3.00. The predicted molar refractivity (Wildman–Crippen MR) is 104 cm³/mol. The fourth-order valence-corrected chi connectivity index (χ4v) is 4.00. The van der Waals surface area contributed by atoms with E-state index in [0.717, 1.165) is 37.3 Å². The number of rotatable bonds is 4. The van der Waals surface area contributed by atoms with Gasteiger partial charge in [-0.2, -0.15) is 0 Å². The third-order valence-electron chi connectivity index (χ3n) is 5.50. The molecule has 1 saturated heterocycles. The van der Waals surface area contributed by atoms with Gasteiger partial charge in [-0.05, 0) is 42.8 Å². The second kappa shape index (κ2) is 8.19. The molecule has 0 spiro atoms. The molecule has 1 unspecified atom stereocenters. The van der Waals surface area contributed by atoms with Gasteiger partial charge >= 0.3 is 0 Å². The van der Waals surface area contributed by atoms with Crippen LogP contribution >= 0.6 is 0 Å². The molecule has 2 aliphatic heterocycles. The van der Waals surface area contributed by atoms with Crippen LogP contribution in [-0.4, -0.2) is 32.2 Å². The first-order valence-electron chi connectivity index (χ1n) is 9.90. The summed E-state index contributed by atoms with van der Waals surface area (Å²) in [5, 5.41) is 2.82. The number of hydrogen-bond acceptors (Lipinski definition) is 3. The molecule has 0 bridgehead atoms. The lowest BCUT2D eigenvalue weighted by Crippen LogP contribution is -3.11. The first kappa shape index (κ1) is 18.7. The van der Waals surface area contributed by atoms with Gasteiger partial charge in [-0.25, -0.2) is 4.39 Å². The number of carbonyl (C=O) groups excluding carboxylic acids is 1. The van der Waals surface area contributed by atoms with Crippen LogP contribution in [0.5, 0.6) is 11.5 Å². The van der Waals surface area contributed by atoms with Gasteiger partial charge in [0.2, 0.25) is 0 Å². The van der Waals surface area contributed by atoms with Crippen molar-refractivity contribution in [2.45, 2.75) is 32.2 Å². The molecule has 2 aliphatic rings. The van der Waals surface area contributed by atoms with Crippen LogP contribution in [0.15, 0.2) is 36.4 Å². The molecule has 4 rings (SSSR count). The van der Waals surface area contributed by atoms with Gasteiger partial charge in [-0.3, -0.25) is 4.79 Å². The van der Waals surface area contributed by atoms with Crippen molar-refractivity contribution in [1.82, 2.24) is 0 Å². The summed E-state index contributed by atoms with van der Waals surface area (Å²) in [6, 6.07) is 11.1. The summed E-state index contributed by atoms with van der Waals surface area (Å²) in [5.74, 6) is 1.18. The Bertz CT molecular complexity index is 871. The van der Waals surface area contributed by atoms with Gasteiger partial charge < -0.3 is 19.7 Å². The van der Waals surface area contributed by atoms with Crippen LogP contribution in [0.3, 0.4) is 0 Å². The molecule has 2 aromatic rings. The minimum Gasteiger partial charge on any atom is -0.490 e. The van der Waals surface area contributed by atoms with Crippen molar-refractivity contribution in [3.05, 3.63) is 53.3 Å². The smallest absolute Gasteiger partial charge is 0.279 e. The van der Waals surface area contributed by atoms with E-state index in [1.165, 1.54) is 16.5 Å². The lowest BCUT2D eigenvalue weighted by molar-refractivity contribution is -0.910. The molecule has 2 N–H and O–H groups in total. The summed E-state index contributed by atoms with van der Waals surface area (Å²) in [5.41, 5.74) is 2.24. The summed E-state index contributed by atoms with van der Waals surface area (Å²) in [6.07, 6.45) is 2.98. The third-order valence-corrected chi connectivity index (χ3v) is 5.50. The van der Waals surface area contributed by atoms with Gasteiger partial charge in [-0.1, -0.05) is 6.07 Å². The highest BCUT2D eigenvalue weighted by Crippen LogP contribution is 2.33. The molecular weight excluding hydrogens is 359 g/mol. The summed E-state index contributed by atoms with van der Waals surface area (Å²) in [6.45, 7) is 4.33. The highest BCUT2D eigenvalue weighted by atomic mass is 19.1. The Morgan fingerprint density at radius 2 is 1.96 bits per heavy atom. The molecular formula is C22H26FN2O3+. The number of ether oxygens (including phenoxy) is 2. The van der Waals surface area contributed by atoms with E-state index in [4.69, 9.17) is 9.47 Å². The van der Waals surface area contributed by atoms with Crippen molar-refractivity contribution < 1.29 is 23.6 Å². The van der Waals surface area contributed by atoms with E-state index in [9.17, 15) is 9.18 Å². The zero-order valence-corrected chi connectivity index (χ0v) is 16.1. The fourth-order valence-electron chi connectivity index (χ4n) is 4.00. The molecule has 0 aromatic heterocycles. The number of hydrogen-bond donors (Lipinski definition) is 2. The number of carbonyl (C=O) groups is 1. The maximum Gasteiger partial charge on any atom is 0.279 e. The zero-order chi connectivity index (χ0) is 19.5. The first-order chi connectivity index (χ1) is 13.6. The quantitative estimate of drug-likeness (QED) is 0.851. The molecule has 2 heterocycles. The largest absolute Gasteiger partial charge is 0.490 e. The van der Waals surface area contributed by atoms with Gasteiger partial charge in [0, 0.05) is 30.5 Å². The third kappa shape index (κ3) is 4.12. The standard InChI is InChI=1S/C22H25FN2O3/c1-15-5-7-17(13-18(15)23)24-22(26)14-25-9-2-4-19(25)16-6-8-20-21(12-16)28-11-3-10-27-20/h5-8,12-13,19H,2-4,9-11,14H2,1H3,(H,24,26)/p+1/t19-/m0/s1. The van der Waals surface area contributed by atoms with E-state index in [1.807, 2.05) is 6.07 Å². The van der Waals surface area contributed by atoms with Crippen LogP contribution < -0.4 is 19.7 Å². The SMILES string of the molecule is Cc1ccc(NC(=O)C[NH+]2CCC[C@H]2c2ccc3c(c2)OCCCO3)cc1F. The van der Waals surface area contributed by atoms with E-state index in [0.29, 0.717) is 31.0 Å². The molecule has 5 nitrogen and oxygen atoms in total. The first-order valence-corrected chi connectivity index (χ1v) is 9.90. The Morgan fingerprint density at radius 1 is 1.14 bits per heavy atom. The minimum absolute atomic E-state index is 0.0977. The molecule has 1 amide bonds. The van der Waals surface area contributed by atoms with E-state index < -0.39 is 0 Å². The number of fused-ring (bicyclic) bond motifs is 1. The maximum atomic E-state index is 13.7. The highest BCUT2D eigenvalue weighted by molar-refractivity contribution is 5.91. The van der Waals surface area contributed by atoms with E-state index in [-0.39, 0.29) is 17.8 Å². The molecule has 2 aromatic carbocycles. The number of quaternary nitrogens is 1. The number of nitrogens with one attached hydrogen (secondary N) is 2. The highest BCUT2D eigenvalue weighted by Gasteiger charge is 2.32. The van der Waals surface area contributed by atoms with Crippen LogP contribution in [0.1, 0.15) is 36.4 Å². The van der Waals surface area contributed by atoms with E-state index in [2.05, 4.69) is 17.4 Å². The summed E-state index contributed by atoms with van der Waals surface area (Å²) in [4.78, 5) is 13.7. The normalized spacial score (nSPS) is 21.2. The van der Waals surface area contributed by atoms with Gasteiger partial charge in [-0.15, -0.1) is 0 Å². The summed E-state index contributed by atoms with van der Waals surface area (Å²) >= 11 is 0. The summed E-state index contributed by atoms with van der Waals surface area (Å²) < 4.78 is 25.2. The van der Waals surface area contributed by atoms with Crippen LogP contribution in [0.4, 0.5) is 10.1 Å². The Hall–Kier alpha value is -2.60. The molecule has 0 aliphatic carbocycles. The molecule has 0 radical (unpaired) electrons. The topological polar surface area (TPSA) is 52.0 Å². The Labute approximate surface area is 164 Å². The van der Waals surface area contributed by atoms with Crippen molar-refractivity contribution in [2.75, 3.05) is 31.6 Å². The van der Waals surface area contributed by atoms with Crippen LogP contribution in [-0.2, 0) is 4.79 Å². The van der Waals surface area contributed by atoms with Crippen molar-refractivity contribution in [2.24, 2.45) is 0 Å². The fraction of sp³-hybridized carbons (Fsp3) is 0.409. The lowest BCUT2D eigenvalue weighted by atomic mass is 10.0. The molecule has 0 saturated carbocycles. The van der Waals surface area contributed by atoms with Crippen LogP contribution in [0, 0.1) is 12.7 Å². The van der Waals surface area contributed by atoms with Crippen molar-refractivity contribution in [1.29, 1.82) is 0 Å². The van der Waals surface area contributed by atoms with E-state index >= 15 is 0 Å². The Morgan fingerprint density at radius 3 is 2.79 bits per heavy atom. The number of anilines is 1. The Balaban J connectivity index is 1.44. The minimum atomic E-state index is -0.309. The lowest BCUT2D eigenvalue weighted by Gasteiger charge is -2.22. The molecule has 148 valence electrons. The number of amides is 1. The van der Waals surface area contributed by atoms with Gasteiger partial charge in [0.05, 0.1) is 19.8 Å². The van der Waals surface area contributed by atoms with Gasteiger partial charge in [0.25, 0.3) is 5.91 Å². The maximum absolute atomic E-state index is 13.7. The molecule has 1 fully saturated rings. The van der Waals surface area contributed by atoms with Crippen molar-refractivity contribution >= 4 is 11.6 Å². The average molecular weight is 385 g/mol. The van der Waals surface area contributed by atoms with Crippen LogP contribution in [0.25, 0.3) is 0 Å². The van der Waals surface area contributed by atoms with Crippen molar-refractivity contribution in [3.8, 4) is 11.5 Å². The van der Waals surface area contributed by atoms with Crippen LogP contribution in [0.2, 0.25) is 0 Å². The predicted octanol–water partition coefficient (Wildman–Crippen LogP) is 2.65. The Kier molecular flexibility index (Phi) is 5.48. The molecule has 28 heavy (non-hydrogen) atoms. The number of halogens is 1. The van der Waals surface area contributed by atoms with Gasteiger partial charge in [0.15, 0.2) is 18.0 Å². The molecule has 2 atom stereocenters. The summed E-state index contributed by atoms with van der Waals surface area (Å²) in [7, 11) is 0.